The summed E-state index contributed by atoms with van der Waals surface area (Å²) in [6.07, 6.45) is 2.63. The Balaban J connectivity index is 1.90. The van der Waals surface area contributed by atoms with Crippen LogP contribution in [0.1, 0.15) is 22.2 Å². The first-order valence-electron chi connectivity index (χ1n) is 6.32. The average Bonchev–Trinajstić information content (AvgIpc) is 3.05. The van der Waals surface area contributed by atoms with E-state index in [4.69, 9.17) is 5.73 Å². The van der Waals surface area contributed by atoms with Crippen molar-refractivity contribution in [2.24, 2.45) is 5.73 Å². The summed E-state index contributed by atoms with van der Waals surface area (Å²) in [5.41, 5.74) is 8.32. The van der Waals surface area contributed by atoms with Gasteiger partial charge in [-0.1, -0.05) is 6.07 Å². The van der Waals surface area contributed by atoms with Crippen molar-refractivity contribution in [2.75, 3.05) is 0 Å². The summed E-state index contributed by atoms with van der Waals surface area (Å²) in [7, 11) is 0. The van der Waals surface area contributed by atoms with E-state index in [-0.39, 0.29) is 6.04 Å². The Bertz CT molecular complexity index is 605. The monoisotopic (exact) mass is 351 g/mol. The largest absolute Gasteiger partial charge is 0.320 e. The summed E-state index contributed by atoms with van der Waals surface area (Å²) >= 11 is 5.09. The number of hydrogen-bond donors (Lipinski definition) is 1. The van der Waals surface area contributed by atoms with Gasteiger partial charge in [-0.25, -0.2) is 0 Å². The third-order valence-electron chi connectivity index (χ3n) is 3.51. The lowest BCUT2D eigenvalue weighted by molar-refractivity contribution is -0.110. The van der Waals surface area contributed by atoms with E-state index in [1.165, 1.54) is 5.56 Å². The smallest absolute Gasteiger partial charge is 0.138 e. The molecule has 0 radical (unpaired) electrons. The van der Waals surface area contributed by atoms with Crippen molar-refractivity contribution in [3.8, 4) is 0 Å². The van der Waals surface area contributed by atoms with Crippen LogP contribution in [0.25, 0.3) is 0 Å². The Kier molecular flexibility index (Phi) is 3.98. The van der Waals surface area contributed by atoms with Gasteiger partial charge in [0.15, 0.2) is 0 Å². The van der Waals surface area contributed by atoms with E-state index in [0.717, 1.165) is 33.7 Å². The lowest BCUT2D eigenvalue weighted by Gasteiger charge is -2.28. The van der Waals surface area contributed by atoms with Gasteiger partial charge < -0.3 is 10.5 Å². The first kappa shape index (κ1) is 13.9. The van der Waals surface area contributed by atoms with E-state index in [9.17, 15) is 4.79 Å². The predicted molar refractivity (Wildman–Crippen MR) is 82.3 cm³/mol. The van der Waals surface area contributed by atoms with E-state index in [1.54, 1.807) is 17.5 Å². The number of halogens is 1. The van der Waals surface area contributed by atoms with Gasteiger partial charge in [0.1, 0.15) is 6.29 Å². The Morgan fingerprint density at radius 1 is 1.40 bits per heavy atom. The van der Waals surface area contributed by atoms with Crippen molar-refractivity contribution in [3.63, 3.8) is 0 Å². The molecule has 0 amide bonds. The molecule has 2 unspecified atom stereocenters. The highest BCUT2D eigenvalue weighted by atomic mass is 79.9. The van der Waals surface area contributed by atoms with Crippen molar-refractivity contribution in [2.45, 2.75) is 25.2 Å². The number of fused-ring (bicyclic) bond motifs is 1. The van der Waals surface area contributed by atoms with Gasteiger partial charge >= 0.3 is 0 Å². The average molecular weight is 352 g/mol. The van der Waals surface area contributed by atoms with Gasteiger partial charge in [-0.3, -0.25) is 9.88 Å². The minimum atomic E-state index is -0.533. The molecule has 2 aromatic heterocycles. The number of aldehydes is 1. The third kappa shape index (κ3) is 2.56. The second-order valence-corrected chi connectivity index (χ2v) is 7.31. The maximum atomic E-state index is 11.2. The molecule has 3 rings (SSSR count). The van der Waals surface area contributed by atoms with Crippen molar-refractivity contribution in [1.82, 2.24) is 9.88 Å². The predicted octanol–water partition coefficient (Wildman–Crippen LogP) is 2.49. The normalized spacial score (nSPS) is 17.7. The standard InChI is InChI=1S/C14H14BrN3OS/c15-13-4-3-12(20-13)14(10(16)8-19)18-6-9-2-1-5-17-11(9)7-18/h1-5,8,10,14H,6-7,16H2. The van der Waals surface area contributed by atoms with Gasteiger partial charge in [0.2, 0.25) is 0 Å². The second kappa shape index (κ2) is 5.73. The molecular weight excluding hydrogens is 338 g/mol. The zero-order chi connectivity index (χ0) is 14.1. The number of hydrogen-bond acceptors (Lipinski definition) is 5. The van der Waals surface area contributed by atoms with Gasteiger partial charge in [-0.15, -0.1) is 11.3 Å². The molecule has 6 heteroatoms. The summed E-state index contributed by atoms with van der Waals surface area (Å²) in [4.78, 5) is 18.9. The molecule has 0 bridgehead atoms. The first-order valence-corrected chi connectivity index (χ1v) is 7.93. The SMILES string of the molecule is NC(C=O)C(c1ccc(Br)s1)N1Cc2cccnc2C1. The van der Waals surface area contributed by atoms with Crippen molar-refractivity contribution >= 4 is 33.6 Å². The number of nitrogens with zero attached hydrogens (tertiary/aromatic N) is 2. The summed E-state index contributed by atoms with van der Waals surface area (Å²) < 4.78 is 1.05. The molecule has 1 aliphatic rings. The molecule has 0 spiro atoms. The molecule has 4 nitrogen and oxygen atoms in total. The molecule has 104 valence electrons. The molecule has 2 atom stereocenters. The van der Waals surface area contributed by atoms with E-state index in [2.05, 4.69) is 31.9 Å². The van der Waals surface area contributed by atoms with Gasteiger partial charge in [0, 0.05) is 24.2 Å². The van der Waals surface area contributed by atoms with Crippen LogP contribution in [-0.4, -0.2) is 22.2 Å². The molecule has 20 heavy (non-hydrogen) atoms. The Hall–Kier alpha value is -1.08. The van der Waals surface area contributed by atoms with Crippen molar-refractivity contribution < 1.29 is 4.79 Å². The number of rotatable bonds is 4. The minimum Gasteiger partial charge on any atom is -0.320 e. The van der Waals surface area contributed by atoms with E-state index in [0.29, 0.717) is 0 Å². The van der Waals surface area contributed by atoms with Crippen LogP contribution in [0.3, 0.4) is 0 Å². The fraction of sp³-hybridized carbons (Fsp3) is 0.286. The Morgan fingerprint density at radius 3 is 2.90 bits per heavy atom. The van der Waals surface area contributed by atoms with Gasteiger partial charge in [-0.05, 0) is 39.7 Å². The van der Waals surface area contributed by atoms with E-state index in [1.807, 2.05) is 18.2 Å². The molecule has 0 aliphatic carbocycles. The molecular formula is C14H14BrN3OS. The number of nitrogens with two attached hydrogens (primary N) is 1. The molecule has 0 saturated heterocycles. The summed E-state index contributed by atoms with van der Waals surface area (Å²) in [5, 5.41) is 0. The topological polar surface area (TPSA) is 59.2 Å². The van der Waals surface area contributed by atoms with E-state index >= 15 is 0 Å². The second-order valence-electron chi connectivity index (χ2n) is 4.81. The third-order valence-corrected chi connectivity index (χ3v) is 5.21. The maximum absolute atomic E-state index is 11.2. The molecule has 0 aromatic carbocycles. The van der Waals surface area contributed by atoms with Crippen molar-refractivity contribution in [1.29, 1.82) is 0 Å². The van der Waals surface area contributed by atoms with Crippen LogP contribution in [0.15, 0.2) is 34.2 Å². The maximum Gasteiger partial charge on any atom is 0.138 e. The summed E-state index contributed by atoms with van der Waals surface area (Å²) in [5.74, 6) is 0. The van der Waals surface area contributed by atoms with E-state index < -0.39 is 6.04 Å². The molecule has 1 aliphatic heterocycles. The van der Waals surface area contributed by atoms with Crippen LogP contribution in [0.4, 0.5) is 0 Å². The molecule has 3 heterocycles. The number of aromatic nitrogens is 1. The fourth-order valence-electron chi connectivity index (χ4n) is 2.60. The van der Waals surface area contributed by atoms with Crippen molar-refractivity contribution in [3.05, 3.63) is 50.4 Å². The van der Waals surface area contributed by atoms with Crippen LogP contribution in [0.2, 0.25) is 0 Å². The highest BCUT2D eigenvalue weighted by Crippen LogP contribution is 2.36. The fourth-order valence-corrected chi connectivity index (χ4v) is 4.21. The quantitative estimate of drug-likeness (QED) is 0.859. The van der Waals surface area contributed by atoms with Gasteiger partial charge in [0.05, 0.1) is 21.6 Å². The van der Waals surface area contributed by atoms with Crippen LogP contribution < -0.4 is 5.73 Å². The highest BCUT2D eigenvalue weighted by Gasteiger charge is 2.32. The van der Waals surface area contributed by atoms with Gasteiger partial charge in [-0.2, -0.15) is 0 Å². The Morgan fingerprint density at radius 2 is 2.25 bits per heavy atom. The van der Waals surface area contributed by atoms with Gasteiger partial charge in [0.25, 0.3) is 0 Å². The number of pyridine rings is 1. The number of thiophene rings is 1. The summed E-state index contributed by atoms with van der Waals surface area (Å²) in [6, 6.07) is 7.41. The van der Waals surface area contributed by atoms with Crippen LogP contribution in [-0.2, 0) is 17.9 Å². The minimum absolute atomic E-state index is 0.0991. The van der Waals surface area contributed by atoms with Crippen LogP contribution >= 0.6 is 27.3 Å². The zero-order valence-electron chi connectivity index (χ0n) is 10.7. The van der Waals surface area contributed by atoms with Crippen LogP contribution in [0, 0.1) is 0 Å². The molecule has 2 aromatic rings. The highest BCUT2D eigenvalue weighted by molar-refractivity contribution is 9.11. The zero-order valence-corrected chi connectivity index (χ0v) is 13.1. The molecule has 0 fully saturated rings. The molecule has 2 N–H and O–H groups in total. The van der Waals surface area contributed by atoms with Crippen LogP contribution in [0.5, 0.6) is 0 Å². The first-order chi connectivity index (χ1) is 9.69. The molecule has 0 saturated carbocycles. The number of carbonyl (C=O) groups is 1. The number of carbonyl (C=O) groups excluding carboxylic acids is 1. The lowest BCUT2D eigenvalue weighted by atomic mass is 10.1. The lowest BCUT2D eigenvalue weighted by Crippen LogP contribution is -2.39. The summed E-state index contributed by atoms with van der Waals surface area (Å²) in [6.45, 7) is 1.52. The Labute approximate surface area is 129 Å².